The van der Waals surface area contributed by atoms with E-state index in [1.165, 1.54) is 13.0 Å². The molecule has 0 heterocycles. The Bertz CT molecular complexity index is 440. The molecule has 0 atom stereocenters. The Balaban J connectivity index is 3.47. The number of rotatable bonds is 4. The molecule has 0 aromatic heterocycles. The van der Waals surface area contributed by atoms with E-state index in [2.05, 4.69) is 0 Å². The summed E-state index contributed by atoms with van der Waals surface area (Å²) in [5.74, 6) is -0.0862. The van der Waals surface area contributed by atoms with Crippen LogP contribution in [0.25, 0.3) is 0 Å². The third kappa shape index (κ3) is 2.36. The highest BCUT2D eigenvalue weighted by Gasteiger charge is 2.23. The van der Waals surface area contributed by atoms with Gasteiger partial charge in [-0.1, -0.05) is 0 Å². The number of Topliss-reactive ketones (excluding diaryl/α,β-unsaturated/α-hetero) is 1. The van der Waals surface area contributed by atoms with Crippen molar-refractivity contribution >= 4 is 11.5 Å². The van der Waals surface area contributed by atoms with E-state index in [9.17, 15) is 14.9 Å². The zero-order valence-electron chi connectivity index (χ0n) is 9.44. The van der Waals surface area contributed by atoms with Gasteiger partial charge in [-0.05, 0) is 32.4 Å². The number of ketones is 1. The van der Waals surface area contributed by atoms with E-state index in [1.807, 2.05) is 0 Å². The van der Waals surface area contributed by atoms with Gasteiger partial charge in [0, 0.05) is 6.07 Å². The highest BCUT2D eigenvalue weighted by molar-refractivity contribution is 6.01. The number of carbonyl (C=O) groups is 1. The molecule has 0 aliphatic rings. The number of benzene rings is 1. The fourth-order valence-electron chi connectivity index (χ4n) is 1.50. The van der Waals surface area contributed by atoms with E-state index in [0.29, 0.717) is 12.2 Å². The molecule has 5 heteroatoms. The van der Waals surface area contributed by atoms with Gasteiger partial charge in [0.2, 0.25) is 0 Å². The third-order valence-corrected chi connectivity index (χ3v) is 2.07. The van der Waals surface area contributed by atoms with E-state index < -0.39 is 4.92 Å². The number of nitro benzene ring substituents is 1. The molecule has 1 rings (SSSR count). The summed E-state index contributed by atoms with van der Waals surface area (Å²) in [4.78, 5) is 21.7. The van der Waals surface area contributed by atoms with Crippen LogP contribution in [0.3, 0.4) is 0 Å². The molecular formula is C11H13NO4. The summed E-state index contributed by atoms with van der Waals surface area (Å²) < 4.78 is 5.24. The minimum Gasteiger partial charge on any atom is -0.493 e. The number of nitro groups is 1. The standard InChI is InChI=1S/C11H13NO4/c1-4-16-10-6-7(2)5-9(12(14)15)11(10)8(3)13/h5-6H,4H2,1-3H3. The molecule has 0 spiro atoms. The highest BCUT2D eigenvalue weighted by Crippen LogP contribution is 2.30. The molecule has 0 aliphatic heterocycles. The van der Waals surface area contributed by atoms with Gasteiger partial charge in [0.05, 0.1) is 11.5 Å². The molecule has 1 aromatic carbocycles. The number of nitrogens with zero attached hydrogens (tertiary/aromatic N) is 1. The Kier molecular flexibility index (Phi) is 3.60. The van der Waals surface area contributed by atoms with Crippen molar-refractivity contribution in [2.45, 2.75) is 20.8 Å². The average Bonchev–Trinajstić information content (AvgIpc) is 2.16. The zero-order chi connectivity index (χ0) is 12.3. The predicted octanol–water partition coefficient (Wildman–Crippen LogP) is 2.50. The van der Waals surface area contributed by atoms with Crippen LogP contribution in [0, 0.1) is 17.0 Å². The molecule has 0 bridgehead atoms. The summed E-state index contributed by atoms with van der Waals surface area (Å²) in [6, 6.07) is 3.01. The van der Waals surface area contributed by atoms with Crippen LogP contribution in [0.2, 0.25) is 0 Å². The zero-order valence-corrected chi connectivity index (χ0v) is 9.44. The summed E-state index contributed by atoms with van der Waals surface area (Å²) in [6.45, 7) is 5.14. The van der Waals surface area contributed by atoms with Crippen molar-refractivity contribution in [1.29, 1.82) is 0 Å². The van der Waals surface area contributed by atoms with Crippen LogP contribution < -0.4 is 4.74 Å². The first-order valence-corrected chi connectivity index (χ1v) is 4.90. The summed E-state index contributed by atoms with van der Waals surface area (Å²) in [6.07, 6.45) is 0. The first-order valence-electron chi connectivity index (χ1n) is 4.90. The number of ether oxygens (including phenoxy) is 1. The fourth-order valence-corrected chi connectivity index (χ4v) is 1.50. The predicted molar refractivity (Wildman–Crippen MR) is 59.0 cm³/mol. The first kappa shape index (κ1) is 12.2. The maximum atomic E-state index is 11.4. The van der Waals surface area contributed by atoms with Crippen LogP contribution in [0.4, 0.5) is 5.69 Å². The molecule has 0 saturated carbocycles. The van der Waals surface area contributed by atoms with Gasteiger partial charge in [-0.3, -0.25) is 14.9 Å². The van der Waals surface area contributed by atoms with E-state index in [4.69, 9.17) is 4.74 Å². The number of carbonyl (C=O) groups excluding carboxylic acids is 1. The molecule has 86 valence electrons. The Labute approximate surface area is 93.2 Å². The summed E-state index contributed by atoms with van der Waals surface area (Å²) in [5, 5.41) is 10.8. The second-order valence-corrected chi connectivity index (χ2v) is 3.40. The van der Waals surface area contributed by atoms with Gasteiger partial charge in [0.1, 0.15) is 11.3 Å². The summed E-state index contributed by atoms with van der Waals surface area (Å²) >= 11 is 0. The molecule has 0 saturated heterocycles. The van der Waals surface area contributed by atoms with Crippen LogP contribution in [0.1, 0.15) is 29.8 Å². The molecule has 5 nitrogen and oxygen atoms in total. The number of hydrogen-bond acceptors (Lipinski definition) is 4. The van der Waals surface area contributed by atoms with Crippen LogP contribution in [0.5, 0.6) is 5.75 Å². The molecule has 0 aliphatic carbocycles. The lowest BCUT2D eigenvalue weighted by molar-refractivity contribution is -0.385. The largest absolute Gasteiger partial charge is 0.493 e. The number of hydrogen-bond donors (Lipinski definition) is 0. The quantitative estimate of drug-likeness (QED) is 0.446. The van der Waals surface area contributed by atoms with Gasteiger partial charge >= 0.3 is 0 Å². The van der Waals surface area contributed by atoms with Crippen molar-refractivity contribution in [2.75, 3.05) is 6.61 Å². The maximum Gasteiger partial charge on any atom is 0.284 e. The van der Waals surface area contributed by atoms with Gasteiger partial charge in [0.25, 0.3) is 5.69 Å². The van der Waals surface area contributed by atoms with Gasteiger partial charge in [-0.25, -0.2) is 0 Å². The minimum absolute atomic E-state index is 0.0393. The SMILES string of the molecule is CCOc1cc(C)cc([N+](=O)[O-])c1C(C)=O. The van der Waals surface area contributed by atoms with Crippen LogP contribution >= 0.6 is 0 Å². The monoisotopic (exact) mass is 223 g/mol. The molecular weight excluding hydrogens is 210 g/mol. The van der Waals surface area contributed by atoms with Crippen molar-refractivity contribution in [1.82, 2.24) is 0 Å². The Morgan fingerprint density at radius 1 is 1.50 bits per heavy atom. The fraction of sp³-hybridized carbons (Fsp3) is 0.364. The van der Waals surface area contributed by atoms with Crippen LogP contribution in [0.15, 0.2) is 12.1 Å². The molecule has 0 fully saturated rings. The van der Waals surface area contributed by atoms with E-state index in [-0.39, 0.29) is 22.8 Å². The van der Waals surface area contributed by atoms with Crippen LogP contribution in [-0.2, 0) is 0 Å². The van der Waals surface area contributed by atoms with Crippen molar-refractivity contribution in [3.05, 3.63) is 33.4 Å². The van der Waals surface area contributed by atoms with E-state index in [0.717, 1.165) is 0 Å². The second kappa shape index (κ2) is 4.74. The van der Waals surface area contributed by atoms with Gasteiger partial charge in [-0.15, -0.1) is 0 Å². The molecule has 0 N–H and O–H groups in total. The van der Waals surface area contributed by atoms with E-state index in [1.54, 1.807) is 19.9 Å². The summed E-state index contributed by atoms with van der Waals surface area (Å²) in [7, 11) is 0. The van der Waals surface area contributed by atoms with Gasteiger partial charge in [-0.2, -0.15) is 0 Å². The molecule has 1 aromatic rings. The molecule has 0 radical (unpaired) electrons. The van der Waals surface area contributed by atoms with Crippen molar-refractivity contribution in [3.8, 4) is 5.75 Å². The lowest BCUT2D eigenvalue weighted by Crippen LogP contribution is -2.05. The van der Waals surface area contributed by atoms with Crippen molar-refractivity contribution in [3.63, 3.8) is 0 Å². The third-order valence-electron chi connectivity index (χ3n) is 2.07. The van der Waals surface area contributed by atoms with E-state index >= 15 is 0 Å². The van der Waals surface area contributed by atoms with Crippen molar-refractivity contribution < 1.29 is 14.5 Å². The molecule has 0 unspecified atom stereocenters. The Morgan fingerprint density at radius 3 is 2.56 bits per heavy atom. The van der Waals surface area contributed by atoms with Crippen LogP contribution in [-0.4, -0.2) is 17.3 Å². The smallest absolute Gasteiger partial charge is 0.284 e. The van der Waals surface area contributed by atoms with Gasteiger partial charge in [0.15, 0.2) is 5.78 Å². The second-order valence-electron chi connectivity index (χ2n) is 3.40. The summed E-state index contributed by atoms with van der Waals surface area (Å²) in [5.41, 5.74) is 0.536. The lowest BCUT2D eigenvalue weighted by atomic mass is 10.1. The molecule has 16 heavy (non-hydrogen) atoms. The van der Waals surface area contributed by atoms with Gasteiger partial charge < -0.3 is 4.74 Å². The average molecular weight is 223 g/mol. The minimum atomic E-state index is -0.563. The number of aryl methyl sites for hydroxylation is 1. The Hall–Kier alpha value is -1.91. The molecule has 0 amide bonds. The topological polar surface area (TPSA) is 69.4 Å². The lowest BCUT2D eigenvalue weighted by Gasteiger charge is -2.09. The normalized spacial score (nSPS) is 9.94. The maximum absolute atomic E-state index is 11.4. The first-order chi connectivity index (χ1) is 7.47. The Morgan fingerprint density at radius 2 is 2.12 bits per heavy atom. The highest BCUT2D eigenvalue weighted by atomic mass is 16.6. The van der Waals surface area contributed by atoms with Crippen molar-refractivity contribution in [2.24, 2.45) is 0 Å².